The van der Waals surface area contributed by atoms with Gasteiger partial charge in [0.1, 0.15) is 11.8 Å². The topological polar surface area (TPSA) is 86.1 Å². The molecule has 1 aromatic heterocycles. The monoisotopic (exact) mass is 342 g/mol. The van der Waals surface area contributed by atoms with Crippen molar-refractivity contribution < 1.29 is 8.42 Å². The van der Waals surface area contributed by atoms with Crippen molar-refractivity contribution in [2.45, 2.75) is 23.8 Å². The van der Waals surface area contributed by atoms with Gasteiger partial charge in [-0.3, -0.25) is 0 Å². The zero-order valence-electron chi connectivity index (χ0n) is 13.1. The van der Waals surface area contributed by atoms with Gasteiger partial charge in [0, 0.05) is 19.1 Å². The number of piperidine rings is 1. The fourth-order valence-corrected chi connectivity index (χ4v) is 4.12. The summed E-state index contributed by atoms with van der Waals surface area (Å²) >= 11 is 0. The van der Waals surface area contributed by atoms with Crippen LogP contribution in [-0.2, 0) is 10.0 Å². The number of nitrogens with zero attached hydrogens (tertiary/aromatic N) is 3. The van der Waals surface area contributed by atoms with Crippen LogP contribution in [0.5, 0.6) is 0 Å². The summed E-state index contributed by atoms with van der Waals surface area (Å²) in [6.45, 7) is 1.43. The van der Waals surface area contributed by atoms with Crippen LogP contribution in [0.25, 0.3) is 0 Å². The van der Waals surface area contributed by atoms with Gasteiger partial charge in [-0.1, -0.05) is 18.2 Å². The van der Waals surface area contributed by atoms with E-state index in [0.717, 1.165) is 25.1 Å². The molecule has 0 radical (unpaired) electrons. The molecule has 3 rings (SSSR count). The summed E-state index contributed by atoms with van der Waals surface area (Å²) in [4.78, 5) is 6.45. The Morgan fingerprint density at radius 1 is 1.21 bits per heavy atom. The Morgan fingerprint density at radius 2 is 2.00 bits per heavy atom. The molecule has 124 valence electrons. The molecule has 1 fully saturated rings. The summed E-state index contributed by atoms with van der Waals surface area (Å²) < 4.78 is 27.7. The molecule has 2 heterocycles. The van der Waals surface area contributed by atoms with Gasteiger partial charge in [-0.05, 0) is 37.1 Å². The molecule has 6 nitrogen and oxygen atoms in total. The highest BCUT2D eigenvalue weighted by Gasteiger charge is 2.25. The van der Waals surface area contributed by atoms with Gasteiger partial charge in [0.15, 0.2) is 0 Å². The summed E-state index contributed by atoms with van der Waals surface area (Å²) in [5.74, 6) is 0. The summed E-state index contributed by atoms with van der Waals surface area (Å²) in [7, 11) is -3.51. The van der Waals surface area contributed by atoms with E-state index in [0.29, 0.717) is 12.2 Å². The van der Waals surface area contributed by atoms with Crippen molar-refractivity contribution in [1.82, 2.24) is 9.71 Å². The molecule has 0 unspecified atom stereocenters. The lowest BCUT2D eigenvalue weighted by atomic mass is 10.1. The lowest BCUT2D eigenvalue weighted by Crippen LogP contribution is -2.47. The van der Waals surface area contributed by atoms with E-state index in [-0.39, 0.29) is 10.9 Å². The zero-order valence-corrected chi connectivity index (χ0v) is 13.9. The van der Waals surface area contributed by atoms with Crippen LogP contribution >= 0.6 is 0 Å². The first-order valence-corrected chi connectivity index (χ1v) is 9.25. The molecule has 7 heteroatoms. The largest absolute Gasteiger partial charge is 0.369 e. The average Bonchev–Trinajstić information content (AvgIpc) is 2.62. The number of nitriles is 1. The highest BCUT2D eigenvalue weighted by molar-refractivity contribution is 7.89. The van der Waals surface area contributed by atoms with E-state index >= 15 is 0 Å². The van der Waals surface area contributed by atoms with Crippen LogP contribution in [0, 0.1) is 11.3 Å². The smallest absolute Gasteiger partial charge is 0.240 e. The molecule has 0 spiro atoms. The van der Waals surface area contributed by atoms with Gasteiger partial charge in [0.2, 0.25) is 10.0 Å². The van der Waals surface area contributed by atoms with Crippen LogP contribution in [0.1, 0.15) is 18.5 Å². The summed E-state index contributed by atoms with van der Waals surface area (Å²) in [5.41, 5.74) is 1.27. The van der Waals surface area contributed by atoms with Crippen molar-refractivity contribution >= 4 is 15.7 Å². The first-order chi connectivity index (χ1) is 11.6. The van der Waals surface area contributed by atoms with Crippen molar-refractivity contribution in [3.63, 3.8) is 0 Å². The standard InChI is InChI=1S/C17H18N4O2S/c18-11-14-8-9-16(12-19-14)21-10-4-5-15(13-21)20-24(22,23)17-6-2-1-3-7-17/h1-3,6-9,12,15,20H,4-5,10,13H2/t15-/m1/s1. The second-order valence-electron chi connectivity index (χ2n) is 5.73. The zero-order chi connectivity index (χ0) is 17.0. The fraction of sp³-hybridized carbons (Fsp3) is 0.294. The summed E-state index contributed by atoms with van der Waals surface area (Å²) in [5, 5.41) is 8.81. The van der Waals surface area contributed by atoms with Crippen LogP contribution in [0.15, 0.2) is 53.6 Å². The van der Waals surface area contributed by atoms with Gasteiger partial charge in [0.25, 0.3) is 0 Å². The van der Waals surface area contributed by atoms with Gasteiger partial charge >= 0.3 is 0 Å². The van der Waals surface area contributed by atoms with Gasteiger partial charge in [0.05, 0.1) is 16.8 Å². The Balaban J connectivity index is 1.70. The molecule has 2 aromatic rings. The van der Waals surface area contributed by atoms with Crippen molar-refractivity contribution in [2.24, 2.45) is 0 Å². The number of anilines is 1. The van der Waals surface area contributed by atoms with E-state index in [1.165, 1.54) is 0 Å². The first kappa shape index (κ1) is 16.4. The third-order valence-electron chi connectivity index (χ3n) is 4.02. The maximum atomic E-state index is 12.4. The number of sulfonamides is 1. The first-order valence-electron chi connectivity index (χ1n) is 7.77. The quantitative estimate of drug-likeness (QED) is 0.917. The third kappa shape index (κ3) is 3.72. The number of pyridine rings is 1. The van der Waals surface area contributed by atoms with Crippen LogP contribution in [-0.4, -0.2) is 32.5 Å². The van der Waals surface area contributed by atoms with Crippen molar-refractivity contribution in [3.05, 3.63) is 54.4 Å². The fourth-order valence-electron chi connectivity index (χ4n) is 2.83. The van der Waals surface area contributed by atoms with Crippen molar-refractivity contribution in [3.8, 4) is 6.07 Å². The molecule has 24 heavy (non-hydrogen) atoms. The van der Waals surface area contributed by atoms with Gasteiger partial charge in [-0.25, -0.2) is 18.1 Å². The molecule has 1 aliphatic rings. The molecular weight excluding hydrogens is 324 g/mol. The van der Waals surface area contributed by atoms with Gasteiger partial charge in [-0.15, -0.1) is 0 Å². The SMILES string of the molecule is N#Cc1ccc(N2CCC[C@@H](NS(=O)(=O)c3ccccc3)C2)cn1. The second kappa shape index (κ2) is 6.99. The average molecular weight is 342 g/mol. The lowest BCUT2D eigenvalue weighted by molar-refractivity contribution is 0.466. The number of hydrogen-bond donors (Lipinski definition) is 1. The summed E-state index contributed by atoms with van der Waals surface area (Å²) in [6, 6.07) is 13.8. The molecule has 1 N–H and O–H groups in total. The van der Waals surface area contributed by atoms with E-state index in [4.69, 9.17) is 5.26 Å². The molecular formula is C17H18N4O2S. The van der Waals surface area contributed by atoms with E-state index in [1.54, 1.807) is 42.6 Å². The molecule has 0 saturated carbocycles. The van der Waals surface area contributed by atoms with Gasteiger partial charge in [-0.2, -0.15) is 5.26 Å². The minimum absolute atomic E-state index is 0.153. The van der Waals surface area contributed by atoms with Crippen molar-refractivity contribution in [2.75, 3.05) is 18.0 Å². The predicted molar refractivity (Wildman–Crippen MR) is 91.0 cm³/mol. The van der Waals surface area contributed by atoms with E-state index in [1.807, 2.05) is 12.1 Å². The maximum absolute atomic E-state index is 12.4. The van der Waals surface area contributed by atoms with E-state index in [2.05, 4.69) is 14.6 Å². The molecule has 0 aliphatic carbocycles. The molecule has 1 aliphatic heterocycles. The number of hydrogen-bond acceptors (Lipinski definition) is 5. The highest BCUT2D eigenvalue weighted by atomic mass is 32.2. The Labute approximate surface area is 141 Å². The van der Waals surface area contributed by atoms with Crippen LogP contribution in [0.3, 0.4) is 0 Å². The highest BCUT2D eigenvalue weighted by Crippen LogP contribution is 2.20. The van der Waals surface area contributed by atoms with Crippen LogP contribution < -0.4 is 9.62 Å². The number of rotatable bonds is 4. The Bertz CT molecular complexity index is 829. The maximum Gasteiger partial charge on any atom is 0.240 e. The van der Waals surface area contributed by atoms with Crippen LogP contribution in [0.4, 0.5) is 5.69 Å². The normalized spacial score (nSPS) is 18.1. The number of benzene rings is 1. The lowest BCUT2D eigenvalue weighted by Gasteiger charge is -2.34. The molecule has 1 atom stereocenters. The number of aromatic nitrogens is 1. The molecule has 1 aromatic carbocycles. The molecule has 0 bridgehead atoms. The Kier molecular flexibility index (Phi) is 4.79. The Morgan fingerprint density at radius 3 is 2.67 bits per heavy atom. The predicted octanol–water partition coefficient (Wildman–Crippen LogP) is 1.90. The number of nitrogens with one attached hydrogen (secondary N) is 1. The van der Waals surface area contributed by atoms with Gasteiger partial charge < -0.3 is 4.90 Å². The second-order valence-corrected chi connectivity index (χ2v) is 7.45. The molecule has 1 saturated heterocycles. The van der Waals surface area contributed by atoms with E-state index in [9.17, 15) is 8.42 Å². The minimum atomic E-state index is -3.51. The van der Waals surface area contributed by atoms with E-state index < -0.39 is 10.0 Å². The summed E-state index contributed by atoms with van der Waals surface area (Å²) in [6.07, 6.45) is 3.35. The minimum Gasteiger partial charge on any atom is -0.369 e. The van der Waals surface area contributed by atoms with Crippen molar-refractivity contribution in [1.29, 1.82) is 5.26 Å². The van der Waals surface area contributed by atoms with Crippen LogP contribution in [0.2, 0.25) is 0 Å². The Hall–Kier alpha value is -2.43. The third-order valence-corrected chi connectivity index (χ3v) is 5.56. The molecule has 0 amide bonds.